The van der Waals surface area contributed by atoms with E-state index in [1.807, 2.05) is 28.8 Å². The van der Waals surface area contributed by atoms with Gasteiger partial charge in [0.05, 0.1) is 12.2 Å². The van der Waals surface area contributed by atoms with Crippen LogP contribution in [-0.4, -0.2) is 33.1 Å². The van der Waals surface area contributed by atoms with E-state index >= 15 is 0 Å². The monoisotopic (exact) mass is 448 g/mol. The molecular weight excluding hydrogens is 419 g/mol. The van der Waals surface area contributed by atoms with Gasteiger partial charge in [-0.3, -0.25) is 14.3 Å². The number of rotatable bonds is 4. The van der Waals surface area contributed by atoms with E-state index in [2.05, 4.69) is 35.9 Å². The molecule has 2 heterocycles. The molecule has 1 amide bonds. The van der Waals surface area contributed by atoms with Crippen molar-refractivity contribution in [1.29, 1.82) is 0 Å². The normalized spacial score (nSPS) is 24.7. The predicted molar refractivity (Wildman–Crippen MR) is 125 cm³/mol. The van der Waals surface area contributed by atoms with Crippen molar-refractivity contribution in [3.8, 4) is 5.88 Å². The van der Waals surface area contributed by atoms with E-state index in [1.54, 1.807) is 0 Å². The van der Waals surface area contributed by atoms with Gasteiger partial charge >= 0.3 is 0 Å². The maximum Gasteiger partial charge on any atom is 0.295 e. The first-order valence-electron chi connectivity index (χ1n) is 11.4. The molecule has 1 N–H and O–H groups in total. The van der Waals surface area contributed by atoms with E-state index in [0.29, 0.717) is 18.1 Å². The second-order valence-electron chi connectivity index (χ2n) is 10.7. The summed E-state index contributed by atoms with van der Waals surface area (Å²) in [5.74, 6) is -1.01. The highest BCUT2D eigenvalue weighted by atomic mass is 19.1. The second kappa shape index (κ2) is 7.76. The molecule has 33 heavy (non-hydrogen) atoms. The molecule has 1 aliphatic carbocycles. The highest BCUT2D eigenvalue weighted by Gasteiger charge is 2.49. The second-order valence-corrected chi connectivity index (χ2v) is 10.7. The van der Waals surface area contributed by atoms with E-state index in [-0.39, 0.29) is 22.5 Å². The molecule has 172 valence electrons. The van der Waals surface area contributed by atoms with Gasteiger partial charge in [-0.15, -0.1) is 10.2 Å². The smallest absolute Gasteiger partial charge is 0.295 e. The lowest BCUT2D eigenvalue weighted by Crippen LogP contribution is -2.35. The van der Waals surface area contributed by atoms with Crippen molar-refractivity contribution >= 4 is 22.5 Å². The van der Waals surface area contributed by atoms with Crippen LogP contribution in [0.25, 0.3) is 10.9 Å². The molecule has 6 nitrogen and oxygen atoms in total. The lowest BCUT2D eigenvalue weighted by atomic mass is 9.65. The third kappa shape index (κ3) is 4.06. The van der Waals surface area contributed by atoms with Gasteiger partial charge in [0.15, 0.2) is 5.69 Å². The van der Waals surface area contributed by atoms with Crippen molar-refractivity contribution in [3.05, 3.63) is 59.9 Å². The molecule has 2 aromatic carbocycles. The summed E-state index contributed by atoms with van der Waals surface area (Å²) < 4.78 is 15.0. The van der Waals surface area contributed by atoms with E-state index in [9.17, 15) is 14.3 Å². The number of fused-ring (bicyclic) bond motifs is 3. The Morgan fingerprint density at radius 3 is 2.61 bits per heavy atom. The van der Waals surface area contributed by atoms with Crippen LogP contribution in [0.3, 0.4) is 0 Å². The molecule has 2 bridgehead atoms. The zero-order valence-corrected chi connectivity index (χ0v) is 19.3. The summed E-state index contributed by atoms with van der Waals surface area (Å²) in [7, 11) is 0. The Hall–Kier alpha value is -3.06. The van der Waals surface area contributed by atoms with Crippen LogP contribution < -0.4 is 0 Å². The zero-order chi connectivity index (χ0) is 23.4. The number of carbonyl (C=O) groups excluding carboxylic acids is 1. The van der Waals surface area contributed by atoms with Gasteiger partial charge in [-0.05, 0) is 60.4 Å². The van der Waals surface area contributed by atoms with Gasteiger partial charge in [0.1, 0.15) is 5.82 Å². The van der Waals surface area contributed by atoms with Crippen LogP contribution in [0.2, 0.25) is 0 Å². The fourth-order valence-electron chi connectivity index (χ4n) is 6.18. The van der Waals surface area contributed by atoms with Crippen molar-refractivity contribution in [3.63, 3.8) is 0 Å². The maximum atomic E-state index is 13.1. The van der Waals surface area contributed by atoms with Crippen LogP contribution in [0, 0.1) is 16.6 Å². The van der Waals surface area contributed by atoms with Crippen LogP contribution in [0.5, 0.6) is 5.88 Å². The quantitative estimate of drug-likeness (QED) is 0.478. The number of aromatic nitrogens is 1. The first-order valence-corrected chi connectivity index (χ1v) is 11.4. The summed E-state index contributed by atoms with van der Waals surface area (Å²) in [5, 5.41) is 19.8. The standard InChI is InChI=1S/C26H29FN4O2/c1-25(2)12-19-13-26(3,14-25)15-30(19)16-31-21-7-5-4-6-20(21)22(24(31)33)28-29-23(32)17-8-10-18(27)11-9-17/h4-11,19,33H,12-16H2,1-3H3/t19?,26-/m1/s1. The molecule has 2 atom stereocenters. The molecule has 1 saturated carbocycles. The number of hydrogen-bond donors (Lipinski definition) is 1. The number of halogens is 1. The average Bonchev–Trinajstić information content (AvgIpc) is 3.15. The third-order valence-electron chi connectivity index (χ3n) is 7.10. The van der Waals surface area contributed by atoms with Crippen molar-refractivity contribution in [2.24, 2.45) is 21.1 Å². The van der Waals surface area contributed by atoms with E-state index in [4.69, 9.17) is 0 Å². The van der Waals surface area contributed by atoms with Crippen molar-refractivity contribution in [2.75, 3.05) is 6.54 Å². The number of azo groups is 1. The number of amides is 1. The topological polar surface area (TPSA) is 70.2 Å². The molecule has 1 aliphatic heterocycles. The van der Waals surface area contributed by atoms with E-state index in [1.165, 1.54) is 37.1 Å². The number of likely N-dealkylation sites (tertiary alicyclic amines) is 1. The largest absolute Gasteiger partial charge is 0.493 e. The van der Waals surface area contributed by atoms with Crippen molar-refractivity contribution < 1.29 is 14.3 Å². The maximum absolute atomic E-state index is 13.1. The predicted octanol–water partition coefficient (Wildman–Crippen LogP) is 6.27. The van der Waals surface area contributed by atoms with Crippen molar-refractivity contribution in [2.45, 2.75) is 52.7 Å². The molecular formula is C26H29FN4O2. The molecule has 1 aromatic heterocycles. The minimum Gasteiger partial charge on any atom is -0.493 e. The fourth-order valence-corrected chi connectivity index (χ4v) is 6.18. The van der Waals surface area contributed by atoms with Gasteiger partial charge in [-0.25, -0.2) is 4.39 Å². The molecule has 5 rings (SSSR count). The van der Waals surface area contributed by atoms with Crippen LogP contribution in [0.15, 0.2) is 58.8 Å². The van der Waals surface area contributed by atoms with Crippen LogP contribution in [0.1, 0.15) is 50.4 Å². The SMILES string of the molecule is CC1(C)CC2C[C@@](C)(CN2Cn2c(O)c(N=NC(=O)c3ccc(F)cc3)c3ccccc32)C1. The van der Waals surface area contributed by atoms with Gasteiger partial charge in [0, 0.05) is 23.5 Å². The van der Waals surface area contributed by atoms with Gasteiger partial charge in [0.2, 0.25) is 5.88 Å². The zero-order valence-electron chi connectivity index (χ0n) is 19.3. The Balaban J connectivity index is 1.46. The summed E-state index contributed by atoms with van der Waals surface area (Å²) in [6, 6.07) is 13.2. The van der Waals surface area contributed by atoms with Crippen LogP contribution in [0.4, 0.5) is 10.1 Å². The molecule has 2 aliphatic rings. The Bertz CT molecular complexity index is 1250. The number of hydrogen-bond acceptors (Lipinski definition) is 4. The van der Waals surface area contributed by atoms with Gasteiger partial charge in [-0.2, -0.15) is 0 Å². The molecule has 0 radical (unpaired) electrons. The summed E-state index contributed by atoms with van der Waals surface area (Å²) in [6.45, 7) is 8.62. The van der Waals surface area contributed by atoms with Gasteiger partial charge in [0.25, 0.3) is 5.91 Å². The van der Waals surface area contributed by atoms with Gasteiger partial charge in [-0.1, -0.05) is 39.0 Å². The highest BCUT2D eigenvalue weighted by molar-refractivity contribution is 5.97. The summed E-state index contributed by atoms with van der Waals surface area (Å²) in [5.41, 5.74) is 1.96. The molecule has 0 spiro atoms. The number of nitrogens with zero attached hydrogens (tertiary/aromatic N) is 4. The highest BCUT2D eigenvalue weighted by Crippen LogP contribution is 2.53. The summed E-state index contributed by atoms with van der Waals surface area (Å²) in [4.78, 5) is 14.9. The number of para-hydroxylation sites is 1. The molecule has 1 unspecified atom stereocenters. The summed E-state index contributed by atoms with van der Waals surface area (Å²) >= 11 is 0. The number of carbonyl (C=O) groups is 1. The first kappa shape index (κ1) is 21.8. The number of benzene rings is 2. The van der Waals surface area contributed by atoms with E-state index in [0.717, 1.165) is 23.9 Å². The van der Waals surface area contributed by atoms with Crippen molar-refractivity contribution in [1.82, 2.24) is 9.47 Å². The fraction of sp³-hybridized carbons (Fsp3) is 0.423. The first-order chi connectivity index (χ1) is 15.6. The third-order valence-corrected chi connectivity index (χ3v) is 7.10. The molecule has 7 heteroatoms. The Labute approximate surface area is 192 Å². The van der Waals surface area contributed by atoms with Crippen LogP contribution in [-0.2, 0) is 6.67 Å². The molecule has 1 saturated heterocycles. The molecule has 3 aromatic rings. The van der Waals surface area contributed by atoms with E-state index < -0.39 is 11.7 Å². The average molecular weight is 449 g/mol. The minimum atomic E-state index is -0.588. The van der Waals surface area contributed by atoms with Gasteiger partial charge < -0.3 is 5.11 Å². The Kier molecular flexibility index (Phi) is 5.12. The Morgan fingerprint density at radius 1 is 1.12 bits per heavy atom. The lowest BCUT2D eigenvalue weighted by molar-refractivity contribution is 0.0995. The summed E-state index contributed by atoms with van der Waals surface area (Å²) in [6.07, 6.45) is 3.52. The van der Waals surface area contributed by atoms with Crippen LogP contribution >= 0.6 is 0 Å². The minimum absolute atomic E-state index is 0.00211. The Morgan fingerprint density at radius 2 is 1.85 bits per heavy atom. The molecule has 2 fully saturated rings. The lowest BCUT2D eigenvalue weighted by Gasteiger charge is -2.40. The number of aromatic hydroxyl groups is 1.